The molecule has 0 aliphatic heterocycles. The van der Waals surface area contributed by atoms with E-state index in [0.717, 1.165) is 0 Å². The number of tetrazole rings is 1. The molecule has 19 heavy (non-hydrogen) atoms. The van der Waals surface area contributed by atoms with Crippen molar-refractivity contribution in [1.82, 2.24) is 20.6 Å². The minimum Gasteiger partial charge on any atom is -0.856 e. The SMILES string of the molecule is O=c1oc(C([O-])=Nc2nn[nH]n2)cc2ccccc12. The number of aromatic amines is 1. The number of nitrogens with zero attached hydrogens (tertiary/aromatic N) is 4. The number of hydrogen-bond donors (Lipinski definition) is 1. The van der Waals surface area contributed by atoms with Gasteiger partial charge in [0, 0.05) is 5.90 Å². The van der Waals surface area contributed by atoms with Gasteiger partial charge in [-0.1, -0.05) is 23.3 Å². The van der Waals surface area contributed by atoms with E-state index < -0.39 is 11.5 Å². The molecule has 0 saturated carbocycles. The summed E-state index contributed by atoms with van der Waals surface area (Å²) in [4.78, 5) is 15.2. The Labute approximate surface area is 105 Å². The third-order valence-corrected chi connectivity index (χ3v) is 2.42. The van der Waals surface area contributed by atoms with E-state index in [9.17, 15) is 9.90 Å². The molecular formula is C11H6N5O3-. The van der Waals surface area contributed by atoms with Gasteiger partial charge in [0.2, 0.25) is 0 Å². The van der Waals surface area contributed by atoms with Crippen molar-refractivity contribution in [2.24, 2.45) is 4.99 Å². The maximum Gasteiger partial charge on any atom is 0.344 e. The fourth-order valence-electron chi connectivity index (χ4n) is 1.59. The van der Waals surface area contributed by atoms with E-state index in [0.29, 0.717) is 10.8 Å². The van der Waals surface area contributed by atoms with E-state index >= 15 is 0 Å². The van der Waals surface area contributed by atoms with Gasteiger partial charge in [-0.25, -0.2) is 9.79 Å². The van der Waals surface area contributed by atoms with Crippen molar-refractivity contribution in [3.63, 3.8) is 0 Å². The second-order valence-electron chi connectivity index (χ2n) is 3.61. The van der Waals surface area contributed by atoms with E-state index in [4.69, 9.17) is 4.42 Å². The van der Waals surface area contributed by atoms with Gasteiger partial charge in [0.05, 0.1) is 5.39 Å². The Morgan fingerprint density at radius 1 is 1.37 bits per heavy atom. The highest BCUT2D eigenvalue weighted by molar-refractivity contribution is 5.93. The van der Waals surface area contributed by atoms with Crippen LogP contribution < -0.4 is 10.7 Å². The molecule has 1 N–H and O–H groups in total. The molecule has 0 fully saturated rings. The highest BCUT2D eigenvalue weighted by Crippen LogP contribution is 2.12. The molecular weight excluding hydrogens is 250 g/mol. The summed E-state index contributed by atoms with van der Waals surface area (Å²) in [6, 6.07) is 8.24. The lowest BCUT2D eigenvalue weighted by Crippen LogP contribution is -2.20. The molecule has 3 aromatic rings. The van der Waals surface area contributed by atoms with E-state index in [2.05, 4.69) is 25.6 Å². The Morgan fingerprint density at radius 2 is 2.21 bits per heavy atom. The molecule has 0 aliphatic carbocycles. The third-order valence-electron chi connectivity index (χ3n) is 2.42. The molecule has 2 aromatic heterocycles. The number of hydrogen-bond acceptors (Lipinski definition) is 7. The highest BCUT2D eigenvalue weighted by atomic mass is 16.4. The molecule has 3 rings (SSSR count). The number of fused-ring (bicyclic) bond motifs is 1. The second-order valence-corrected chi connectivity index (χ2v) is 3.61. The van der Waals surface area contributed by atoms with Gasteiger partial charge in [-0.05, 0) is 22.7 Å². The summed E-state index contributed by atoms with van der Waals surface area (Å²) in [6.07, 6.45) is 0. The molecule has 2 heterocycles. The first kappa shape index (κ1) is 11.1. The van der Waals surface area contributed by atoms with Crippen LogP contribution in [0.4, 0.5) is 5.95 Å². The van der Waals surface area contributed by atoms with Crippen LogP contribution in [0.2, 0.25) is 0 Å². The summed E-state index contributed by atoms with van der Waals surface area (Å²) >= 11 is 0. The normalized spacial score (nSPS) is 11.9. The first-order valence-electron chi connectivity index (χ1n) is 5.26. The maximum absolute atomic E-state index is 11.8. The van der Waals surface area contributed by atoms with Crippen LogP contribution in [-0.2, 0) is 0 Å². The van der Waals surface area contributed by atoms with Crippen LogP contribution >= 0.6 is 0 Å². The quantitative estimate of drug-likeness (QED) is 0.498. The molecule has 0 saturated heterocycles. The van der Waals surface area contributed by atoms with Crippen LogP contribution in [-0.4, -0.2) is 26.5 Å². The zero-order valence-electron chi connectivity index (χ0n) is 9.40. The Hall–Kier alpha value is -3.03. The fraction of sp³-hybridized carbons (Fsp3) is 0. The molecule has 0 spiro atoms. The smallest absolute Gasteiger partial charge is 0.344 e. The second kappa shape index (κ2) is 4.33. The number of aromatic nitrogens is 4. The molecule has 0 atom stereocenters. The van der Waals surface area contributed by atoms with Crippen molar-refractivity contribution >= 4 is 22.6 Å². The Balaban J connectivity index is 2.13. The third kappa shape index (κ3) is 2.06. The van der Waals surface area contributed by atoms with Crippen LogP contribution in [0.1, 0.15) is 5.76 Å². The molecule has 94 valence electrons. The number of benzene rings is 1. The number of rotatable bonds is 2. The molecule has 0 amide bonds. The summed E-state index contributed by atoms with van der Waals surface area (Å²) in [6.45, 7) is 0. The van der Waals surface area contributed by atoms with Crippen LogP contribution in [0, 0.1) is 0 Å². The van der Waals surface area contributed by atoms with Gasteiger partial charge >= 0.3 is 5.63 Å². The van der Waals surface area contributed by atoms with Crippen LogP contribution in [0.15, 0.2) is 44.5 Å². The fourth-order valence-corrected chi connectivity index (χ4v) is 1.59. The Kier molecular flexibility index (Phi) is 2.53. The average molecular weight is 256 g/mol. The van der Waals surface area contributed by atoms with Gasteiger partial charge < -0.3 is 9.52 Å². The van der Waals surface area contributed by atoms with Crippen molar-refractivity contribution in [3.8, 4) is 0 Å². The summed E-state index contributed by atoms with van der Waals surface area (Å²) in [5.74, 6) is -1.04. The van der Waals surface area contributed by atoms with Gasteiger partial charge in [0.1, 0.15) is 5.76 Å². The molecule has 0 aliphatic rings. The minimum absolute atomic E-state index is 0.124. The summed E-state index contributed by atoms with van der Waals surface area (Å²) in [5.41, 5.74) is -0.593. The maximum atomic E-state index is 11.8. The van der Waals surface area contributed by atoms with Gasteiger partial charge in [0.25, 0.3) is 5.95 Å². The van der Waals surface area contributed by atoms with E-state index in [-0.39, 0.29) is 11.7 Å². The first-order chi connectivity index (χ1) is 9.24. The standard InChI is InChI=1S/C11H7N5O3/c17-9(12-11-13-15-16-14-11)8-5-6-3-1-2-4-7(6)10(18)19-8/h1-5H,(H2,12,13,14,15,16,17)/p-1. The predicted molar refractivity (Wildman–Crippen MR) is 62.9 cm³/mol. The van der Waals surface area contributed by atoms with Crippen LogP contribution in [0.25, 0.3) is 10.8 Å². The zero-order chi connectivity index (χ0) is 13.2. The lowest BCUT2D eigenvalue weighted by Gasteiger charge is -2.08. The van der Waals surface area contributed by atoms with Crippen LogP contribution in [0.5, 0.6) is 0 Å². The lowest BCUT2D eigenvalue weighted by molar-refractivity contribution is -0.214. The molecule has 8 heteroatoms. The Morgan fingerprint density at radius 3 is 3.00 bits per heavy atom. The van der Waals surface area contributed by atoms with Crippen molar-refractivity contribution in [2.45, 2.75) is 0 Å². The minimum atomic E-state index is -0.746. The zero-order valence-corrected chi connectivity index (χ0v) is 9.40. The average Bonchev–Trinajstić information content (AvgIpc) is 2.91. The van der Waals surface area contributed by atoms with Gasteiger partial charge in [-0.3, -0.25) is 0 Å². The monoisotopic (exact) mass is 256 g/mol. The van der Waals surface area contributed by atoms with Gasteiger partial charge in [0.15, 0.2) is 0 Å². The van der Waals surface area contributed by atoms with E-state index in [1.165, 1.54) is 6.07 Å². The van der Waals surface area contributed by atoms with Crippen molar-refractivity contribution in [3.05, 3.63) is 46.5 Å². The number of nitrogens with one attached hydrogen (secondary N) is 1. The van der Waals surface area contributed by atoms with Crippen molar-refractivity contribution in [2.75, 3.05) is 0 Å². The summed E-state index contributed by atoms with van der Waals surface area (Å²) in [7, 11) is 0. The molecule has 1 aromatic carbocycles. The Bertz CT molecular complexity index is 807. The first-order valence-corrected chi connectivity index (χ1v) is 5.26. The number of aliphatic imine (C=N–C) groups is 1. The highest BCUT2D eigenvalue weighted by Gasteiger charge is 2.04. The van der Waals surface area contributed by atoms with E-state index in [1.807, 2.05) is 0 Å². The largest absolute Gasteiger partial charge is 0.856 e. The van der Waals surface area contributed by atoms with Gasteiger partial charge in [-0.15, -0.1) is 5.10 Å². The molecule has 8 nitrogen and oxygen atoms in total. The molecule has 0 bridgehead atoms. The van der Waals surface area contributed by atoms with Crippen LogP contribution in [0.3, 0.4) is 0 Å². The molecule has 0 unspecified atom stereocenters. The number of H-pyrrole nitrogens is 1. The summed E-state index contributed by atoms with van der Waals surface area (Å²) < 4.78 is 4.92. The summed E-state index contributed by atoms with van der Waals surface area (Å²) in [5, 5.41) is 25.2. The lowest BCUT2D eigenvalue weighted by atomic mass is 10.2. The van der Waals surface area contributed by atoms with E-state index in [1.54, 1.807) is 24.3 Å². The predicted octanol–water partition coefficient (Wildman–Crippen LogP) is -0.255. The molecule has 0 radical (unpaired) electrons. The van der Waals surface area contributed by atoms with Gasteiger partial charge in [-0.2, -0.15) is 5.21 Å². The topological polar surface area (TPSA) is 120 Å². The van der Waals surface area contributed by atoms with Crippen molar-refractivity contribution in [1.29, 1.82) is 0 Å². The van der Waals surface area contributed by atoms with Crippen molar-refractivity contribution < 1.29 is 9.52 Å².